The van der Waals surface area contributed by atoms with Gasteiger partial charge in [0.1, 0.15) is 5.82 Å². The zero-order chi connectivity index (χ0) is 15.2. The molecule has 1 aliphatic heterocycles. The minimum atomic E-state index is 0.713. The molecule has 4 nitrogen and oxygen atoms in total. The van der Waals surface area contributed by atoms with Crippen LogP contribution in [0.5, 0.6) is 0 Å². The minimum Gasteiger partial charge on any atom is -0.356 e. The summed E-state index contributed by atoms with van der Waals surface area (Å²) in [5, 5.41) is 3.35. The van der Waals surface area contributed by atoms with Crippen LogP contribution in [0.2, 0.25) is 0 Å². The summed E-state index contributed by atoms with van der Waals surface area (Å²) in [6.07, 6.45) is 7.04. The molecule has 4 heteroatoms. The Morgan fingerprint density at radius 1 is 1.05 bits per heavy atom. The van der Waals surface area contributed by atoms with Gasteiger partial charge in [0.05, 0.1) is 0 Å². The van der Waals surface area contributed by atoms with Gasteiger partial charge >= 0.3 is 0 Å². The molecule has 0 amide bonds. The lowest BCUT2D eigenvalue weighted by Gasteiger charge is -2.21. The Balaban J connectivity index is 1.67. The van der Waals surface area contributed by atoms with Gasteiger partial charge in [-0.25, -0.2) is 4.98 Å². The monoisotopic (exact) mass is 296 g/mol. The zero-order valence-electron chi connectivity index (χ0n) is 13.3. The predicted octanol–water partition coefficient (Wildman–Crippen LogP) is 3.78. The number of aromatic nitrogens is 2. The number of aryl methyl sites for hydroxylation is 1. The third kappa shape index (κ3) is 3.75. The summed E-state index contributed by atoms with van der Waals surface area (Å²) in [7, 11) is 0. The summed E-state index contributed by atoms with van der Waals surface area (Å²) in [4.78, 5) is 11.4. The molecule has 1 fully saturated rings. The number of hydrogen-bond donors (Lipinski definition) is 1. The van der Waals surface area contributed by atoms with Crippen molar-refractivity contribution in [3.63, 3.8) is 0 Å². The molecule has 22 heavy (non-hydrogen) atoms. The van der Waals surface area contributed by atoms with Crippen molar-refractivity contribution in [2.75, 3.05) is 23.3 Å². The first-order valence-corrected chi connectivity index (χ1v) is 8.19. The molecule has 0 bridgehead atoms. The van der Waals surface area contributed by atoms with Gasteiger partial charge in [-0.1, -0.05) is 37.1 Å². The maximum atomic E-state index is 4.69. The number of rotatable bonds is 4. The fourth-order valence-corrected chi connectivity index (χ4v) is 2.89. The van der Waals surface area contributed by atoms with Gasteiger partial charge in [0.15, 0.2) is 0 Å². The van der Waals surface area contributed by atoms with Gasteiger partial charge in [-0.2, -0.15) is 4.98 Å². The third-order valence-electron chi connectivity index (χ3n) is 4.27. The number of hydrogen-bond acceptors (Lipinski definition) is 4. The molecular formula is C18H24N4. The summed E-state index contributed by atoms with van der Waals surface area (Å²) >= 11 is 0. The van der Waals surface area contributed by atoms with Gasteiger partial charge in [-0.05, 0) is 37.0 Å². The summed E-state index contributed by atoms with van der Waals surface area (Å²) in [6, 6.07) is 10.4. The van der Waals surface area contributed by atoms with E-state index in [9.17, 15) is 0 Å². The predicted molar refractivity (Wildman–Crippen MR) is 91.2 cm³/mol. The fraction of sp³-hybridized carbons (Fsp3) is 0.444. The first kappa shape index (κ1) is 14.8. The van der Waals surface area contributed by atoms with E-state index in [4.69, 9.17) is 0 Å². The highest BCUT2D eigenvalue weighted by atomic mass is 15.2. The maximum Gasteiger partial charge on any atom is 0.224 e. The lowest BCUT2D eigenvalue weighted by Crippen LogP contribution is -2.25. The molecule has 1 aromatic carbocycles. The Hall–Kier alpha value is -2.10. The van der Waals surface area contributed by atoms with Crippen molar-refractivity contribution in [2.24, 2.45) is 0 Å². The fourth-order valence-electron chi connectivity index (χ4n) is 2.89. The largest absolute Gasteiger partial charge is 0.356 e. The average molecular weight is 296 g/mol. The number of nitrogens with zero attached hydrogens (tertiary/aromatic N) is 3. The van der Waals surface area contributed by atoms with Crippen LogP contribution >= 0.6 is 0 Å². The number of benzene rings is 1. The molecule has 0 spiro atoms. The van der Waals surface area contributed by atoms with Gasteiger partial charge in [-0.15, -0.1) is 0 Å². The Morgan fingerprint density at radius 3 is 2.59 bits per heavy atom. The first-order chi connectivity index (χ1) is 10.8. The molecule has 2 aromatic rings. The van der Waals surface area contributed by atoms with Gasteiger partial charge < -0.3 is 10.2 Å². The van der Waals surface area contributed by atoms with Crippen molar-refractivity contribution in [3.8, 4) is 0 Å². The standard InChI is InChI=1S/C18H24N4/c1-15-8-4-5-9-16(15)14-20-18-19-11-10-17(21-18)22-12-6-2-3-7-13-22/h4-5,8-11H,2-3,6-7,12-14H2,1H3,(H,19,20,21). The highest BCUT2D eigenvalue weighted by Crippen LogP contribution is 2.18. The molecule has 3 rings (SSSR count). The average Bonchev–Trinajstić information content (AvgIpc) is 2.84. The van der Waals surface area contributed by atoms with Gasteiger partial charge in [0.2, 0.25) is 5.95 Å². The van der Waals surface area contributed by atoms with Crippen molar-refractivity contribution >= 4 is 11.8 Å². The van der Waals surface area contributed by atoms with E-state index >= 15 is 0 Å². The molecular weight excluding hydrogens is 272 g/mol. The highest BCUT2D eigenvalue weighted by Gasteiger charge is 2.11. The van der Waals surface area contributed by atoms with Crippen LogP contribution in [-0.4, -0.2) is 23.1 Å². The molecule has 116 valence electrons. The van der Waals surface area contributed by atoms with Crippen LogP contribution in [-0.2, 0) is 6.54 Å². The highest BCUT2D eigenvalue weighted by molar-refractivity contribution is 5.43. The molecule has 0 saturated carbocycles. The van der Waals surface area contributed by atoms with E-state index in [1.165, 1.54) is 36.8 Å². The van der Waals surface area contributed by atoms with Crippen molar-refractivity contribution in [1.29, 1.82) is 0 Å². The van der Waals surface area contributed by atoms with Crippen LogP contribution in [0, 0.1) is 6.92 Å². The Labute approximate surface area is 132 Å². The summed E-state index contributed by atoms with van der Waals surface area (Å²) in [5.74, 6) is 1.76. The van der Waals surface area contributed by atoms with E-state index < -0.39 is 0 Å². The molecule has 1 saturated heterocycles. The quantitative estimate of drug-likeness (QED) is 0.932. The second-order valence-electron chi connectivity index (χ2n) is 5.92. The molecule has 1 aromatic heterocycles. The van der Waals surface area contributed by atoms with Crippen LogP contribution in [0.1, 0.15) is 36.8 Å². The summed E-state index contributed by atoms with van der Waals surface area (Å²) < 4.78 is 0. The SMILES string of the molecule is Cc1ccccc1CNc1nccc(N2CCCCCC2)n1. The van der Waals surface area contributed by atoms with Gasteiger partial charge in [0, 0.05) is 25.8 Å². The topological polar surface area (TPSA) is 41.1 Å². The molecule has 1 N–H and O–H groups in total. The van der Waals surface area contributed by atoms with E-state index in [1.807, 2.05) is 12.3 Å². The van der Waals surface area contributed by atoms with E-state index in [1.54, 1.807) is 0 Å². The molecule has 0 radical (unpaired) electrons. The maximum absolute atomic E-state index is 4.69. The van der Waals surface area contributed by atoms with Crippen LogP contribution in [0.25, 0.3) is 0 Å². The minimum absolute atomic E-state index is 0.713. The normalized spacial score (nSPS) is 15.4. The Kier molecular flexibility index (Phi) is 4.88. The van der Waals surface area contributed by atoms with Crippen molar-refractivity contribution < 1.29 is 0 Å². The summed E-state index contributed by atoms with van der Waals surface area (Å²) in [6.45, 7) is 5.10. The lowest BCUT2D eigenvalue weighted by atomic mass is 10.1. The lowest BCUT2D eigenvalue weighted by molar-refractivity contribution is 0.726. The van der Waals surface area contributed by atoms with Crippen molar-refractivity contribution in [1.82, 2.24) is 9.97 Å². The Morgan fingerprint density at radius 2 is 1.82 bits per heavy atom. The number of nitrogens with one attached hydrogen (secondary N) is 1. The second-order valence-corrected chi connectivity index (χ2v) is 5.92. The molecule has 0 atom stereocenters. The summed E-state index contributed by atoms with van der Waals surface area (Å²) in [5.41, 5.74) is 2.57. The van der Waals surface area contributed by atoms with Gasteiger partial charge in [-0.3, -0.25) is 0 Å². The van der Waals surface area contributed by atoms with E-state index in [2.05, 4.69) is 51.4 Å². The smallest absolute Gasteiger partial charge is 0.224 e. The van der Waals surface area contributed by atoms with E-state index in [0.29, 0.717) is 5.95 Å². The third-order valence-corrected chi connectivity index (χ3v) is 4.27. The van der Waals surface area contributed by atoms with Crippen molar-refractivity contribution in [3.05, 3.63) is 47.7 Å². The van der Waals surface area contributed by atoms with E-state index in [0.717, 1.165) is 25.5 Å². The van der Waals surface area contributed by atoms with E-state index in [-0.39, 0.29) is 0 Å². The van der Waals surface area contributed by atoms with Crippen molar-refractivity contribution in [2.45, 2.75) is 39.2 Å². The molecule has 1 aliphatic rings. The molecule has 0 unspecified atom stereocenters. The number of anilines is 2. The molecule has 2 heterocycles. The second kappa shape index (κ2) is 7.25. The first-order valence-electron chi connectivity index (χ1n) is 8.19. The molecule has 0 aliphatic carbocycles. The van der Waals surface area contributed by atoms with Crippen LogP contribution in [0.4, 0.5) is 11.8 Å². The van der Waals surface area contributed by atoms with Gasteiger partial charge in [0.25, 0.3) is 0 Å². The van der Waals surface area contributed by atoms with Crippen LogP contribution < -0.4 is 10.2 Å². The van der Waals surface area contributed by atoms with Crippen LogP contribution in [0.15, 0.2) is 36.5 Å². The zero-order valence-corrected chi connectivity index (χ0v) is 13.3. The van der Waals surface area contributed by atoms with Crippen LogP contribution in [0.3, 0.4) is 0 Å². The Bertz CT molecular complexity index is 604.